The van der Waals surface area contributed by atoms with Gasteiger partial charge in [-0.2, -0.15) is 18.2 Å². The summed E-state index contributed by atoms with van der Waals surface area (Å²) in [4.78, 5) is 16.5. The van der Waals surface area contributed by atoms with Crippen molar-refractivity contribution in [1.82, 2.24) is 19.9 Å². The van der Waals surface area contributed by atoms with Gasteiger partial charge in [-0.15, -0.1) is 11.3 Å². The Hall–Kier alpha value is -3.67. The first-order chi connectivity index (χ1) is 15.0. The van der Waals surface area contributed by atoms with Crippen molar-refractivity contribution in [2.24, 2.45) is 0 Å². The Morgan fingerprint density at radius 1 is 1.10 bits per heavy atom. The monoisotopic (exact) mass is 448 g/mol. The van der Waals surface area contributed by atoms with E-state index in [1.54, 1.807) is 17.6 Å². The number of methoxy groups -OCH3 is 1. The second kappa shape index (κ2) is 8.60. The Labute approximate surface area is 177 Å². The number of halogens is 3. The number of nitrogen functional groups attached to an aromatic ring is 1. The molecular weight excluding hydrogens is 433 g/mol. The van der Waals surface area contributed by atoms with Crippen molar-refractivity contribution in [3.63, 3.8) is 0 Å². The van der Waals surface area contributed by atoms with Crippen LogP contribution in [0.15, 0.2) is 30.0 Å². The highest BCUT2D eigenvalue weighted by Gasteiger charge is 2.21. The number of hydrogen-bond acceptors (Lipinski definition) is 9. The fourth-order valence-corrected chi connectivity index (χ4v) is 3.41. The molecule has 160 valence electrons. The molecule has 0 aliphatic carbocycles. The van der Waals surface area contributed by atoms with E-state index in [1.807, 2.05) is 0 Å². The highest BCUT2D eigenvalue weighted by atomic mass is 32.1. The van der Waals surface area contributed by atoms with Gasteiger partial charge in [0.15, 0.2) is 17.3 Å². The van der Waals surface area contributed by atoms with E-state index in [-0.39, 0.29) is 11.5 Å². The Morgan fingerprint density at radius 3 is 2.74 bits per heavy atom. The van der Waals surface area contributed by atoms with Crippen molar-refractivity contribution in [3.8, 4) is 17.4 Å². The summed E-state index contributed by atoms with van der Waals surface area (Å²) < 4.78 is 51.4. The minimum atomic E-state index is -1.57. The van der Waals surface area contributed by atoms with E-state index in [9.17, 15) is 13.2 Å². The van der Waals surface area contributed by atoms with Crippen LogP contribution in [0.25, 0.3) is 10.3 Å². The van der Waals surface area contributed by atoms with Crippen molar-refractivity contribution in [3.05, 3.63) is 53.2 Å². The highest BCUT2D eigenvalue weighted by molar-refractivity contribution is 7.16. The summed E-state index contributed by atoms with van der Waals surface area (Å²) in [6.07, 6.45) is 2.06. The number of aromatic nitrogens is 4. The molecule has 4 rings (SSSR count). The van der Waals surface area contributed by atoms with Crippen LogP contribution in [0, 0.1) is 17.6 Å². The summed E-state index contributed by atoms with van der Waals surface area (Å²) in [5.74, 6) is -4.27. The van der Waals surface area contributed by atoms with Gasteiger partial charge in [0, 0.05) is 6.54 Å². The number of thiazole rings is 1. The lowest BCUT2D eigenvalue weighted by Gasteiger charge is -2.13. The number of pyridine rings is 1. The first-order valence-electron chi connectivity index (χ1n) is 8.90. The van der Waals surface area contributed by atoms with E-state index in [2.05, 4.69) is 25.3 Å². The molecule has 0 saturated heterocycles. The number of nitrogens with one attached hydrogen (secondary N) is 1. The molecule has 3 aromatic heterocycles. The Kier molecular flexibility index (Phi) is 5.71. The van der Waals surface area contributed by atoms with Crippen molar-refractivity contribution in [2.75, 3.05) is 24.7 Å². The molecule has 0 radical (unpaired) electrons. The van der Waals surface area contributed by atoms with Crippen LogP contribution >= 0.6 is 11.3 Å². The molecule has 31 heavy (non-hydrogen) atoms. The summed E-state index contributed by atoms with van der Waals surface area (Å²) in [5, 5.41) is 3.21. The fourth-order valence-electron chi connectivity index (χ4n) is 2.78. The van der Waals surface area contributed by atoms with Gasteiger partial charge < -0.3 is 20.5 Å². The van der Waals surface area contributed by atoms with E-state index in [4.69, 9.17) is 15.2 Å². The van der Waals surface area contributed by atoms with Gasteiger partial charge in [-0.3, -0.25) is 0 Å². The third-order valence-electron chi connectivity index (χ3n) is 4.32. The summed E-state index contributed by atoms with van der Waals surface area (Å²) in [7, 11) is 1.40. The van der Waals surface area contributed by atoms with E-state index < -0.39 is 29.1 Å². The number of nitrogens with two attached hydrogens (primary N) is 1. The Morgan fingerprint density at radius 2 is 1.94 bits per heavy atom. The number of anilines is 2. The lowest BCUT2D eigenvalue weighted by molar-refractivity contribution is 0.354. The van der Waals surface area contributed by atoms with Crippen LogP contribution in [0.1, 0.15) is 5.56 Å². The molecule has 0 fully saturated rings. The van der Waals surface area contributed by atoms with Gasteiger partial charge in [0.25, 0.3) is 11.8 Å². The quantitative estimate of drug-likeness (QED) is 0.410. The van der Waals surface area contributed by atoms with Crippen LogP contribution in [0.5, 0.6) is 17.4 Å². The summed E-state index contributed by atoms with van der Waals surface area (Å²) >= 11 is 1.43. The topological polar surface area (TPSA) is 108 Å². The van der Waals surface area contributed by atoms with E-state index >= 15 is 0 Å². The molecule has 0 saturated carbocycles. The first-order valence-corrected chi connectivity index (χ1v) is 9.78. The molecule has 0 spiro atoms. The molecular formula is C19H15F3N6O2S. The minimum Gasteiger partial charge on any atom is -0.493 e. The van der Waals surface area contributed by atoms with Crippen LogP contribution in [0.4, 0.5) is 24.7 Å². The van der Waals surface area contributed by atoms with Crippen LogP contribution < -0.4 is 20.5 Å². The molecule has 0 bridgehead atoms. The molecule has 4 aromatic rings. The van der Waals surface area contributed by atoms with Crippen LogP contribution in [-0.2, 0) is 6.42 Å². The zero-order chi connectivity index (χ0) is 22.0. The summed E-state index contributed by atoms with van der Waals surface area (Å²) in [6, 6.07) is 4.91. The fraction of sp³-hybridized carbons (Fsp3) is 0.158. The van der Waals surface area contributed by atoms with Gasteiger partial charge in [0.1, 0.15) is 22.4 Å². The number of ether oxygens (including phenoxy) is 2. The normalized spacial score (nSPS) is 11.0. The molecule has 0 aliphatic rings. The lowest BCUT2D eigenvalue weighted by Crippen LogP contribution is -2.07. The third-order valence-corrected chi connectivity index (χ3v) is 5.05. The average Bonchev–Trinajstić information content (AvgIpc) is 3.26. The highest BCUT2D eigenvalue weighted by Crippen LogP contribution is 2.34. The molecule has 3 heterocycles. The minimum absolute atomic E-state index is 0.0657. The second-order valence-electron chi connectivity index (χ2n) is 6.24. The molecule has 3 N–H and O–H groups in total. The van der Waals surface area contributed by atoms with Crippen molar-refractivity contribution >= 4 is 33.2 Å². The lowest BCUT2D eigenvalue weighted by atomic mass is 10.1. The predicted octanol–water partition coefficient (Wildman–Crippen LogP) is 3.94. The first kappa shape index (κ1) is 20.6. The number of fused-ring (bicyclic) bond motifs is 1. The number of rotatable bonds is 7. The van der Waals surface area contributed by atoms with E-state index in [0.29, 0.717) is 24.3 Å². The zero-order valence-corrected chi connectivity index (χ0v) is 16.8. The molecule has 0 atom stereocenters. The van der Waals surface area contributed by atoms with E-state index in [0.717, 1.165) is 10.4 Å². The van der Waals surface area contributed by atoms with Crippen molar-refractivity contribution in [1.29, 1.82) is 0 Å². The Balaban J connectivity index is 1.48. The van der Waals surface area contributed by atoms with Gasteiger partial charge in [-0.25, -0.2) is 15.0 Å². The second-order valence-corrected chi connectivity index (χ2v) is 7.08. The van der Waals surface area contributed by atoms with Crippen LogP contribution in [0.2, 0.25) is 0 Å². The van der Waals surface area contributed by atoms with Gasteiger partial charge in [-0.05, 0) is 24.1 Å². The Bertz CT molecular complexity index is 1250. The molecule has 0 unspecified atom stereocenters. The molecule has 12 heteroatoms. The average molecular weight is 448 g/mol. The standard InChI is InChI=1S/C19H15F3N6O2S/c1-29-11-6-9(4-5-24-17-15-19(26-7-25-17)31-8-27-15)2-3-10(11)30-18-13(21)14(23)12(20)16(22)28-18/h2-3,6-8H,4-5H2,1H3,(H2,23,28)(H,24,25,26). The number of nitrogens with zero attached hydrogens (tertiary/aromatic N) is 4. The third kappa shape index (κ3) is 4.14. The molecule has 0 amide bonds. The van der Waals surface area contributed by atoms with Gasteiger partial charge in [0.05, 0.1) is 12.6 Å². The SMILES string of the molecule is COc1cc(CCNc2ncnc3scnc23)ccc1Oc1nc(F)c(F)c(N)c1F. The van der Waals surface area contributed by atoms with Crippen LogP contribution in [0.3, 0.4) is 0 Å². The molecule has 1 aromatic carbocycles. The maximum absolute atomic E-state index is 14.1. The van der Waals surface area contributed by atoms with Gasteiger partial charge >= 0.3 is 0 Å². The predicted molar refractivity (Wildman–Crippen MR) is 109 cm³/mol. The maximum atomic E-state index is 14.1. The van der Waals surface area contributed by atoms with Crippen LogP contribution in [-0.4, -0.2) is 33.6 Å². The zero-order valence-electron chi connectivity index (χ0n) is 16.0. The largest absolute Gasteiger partial charge is 0.493 e. The number of benzene rings is 1. The molecule has 0 aliphatic heterocycles. The van der Waals surface area contributed by atoms with Gasteiger partial charge in [-0.1, -0.05) is 6.07 Å². The maximum Gasteiger partial charge on any atom is 0.261 e. The smallest absolute Gasteiger partial charge is 0.261 e. The van der Waals surface area contributed by atoms with Crippen molar-refractivity contribution in [2.45, 2.75) is 6.42 Å². The molecule has 8 nitrogen and oxygen atoms in total. The van der Waals surface area contributed by atoms with Crippen molar-refractivity contribution < 1.29 is 22.6 Å². The van der Waals surface area contributed by atoms with E-state index in [1.165, 1.54) is 30.8 Å². The van der Waals surface area contributed by atoms with Gasteiger partial charge in [0.2, 0.25) is 11.6 Å². The summed E-state index contributed by atoms with van der Waals surface area (Å²) in [5.41, 5.74) is 7.47. The number of hydrogen-bond donors (Lipinski definition) is 2. The summed E-state index contributed by atoms with van der Waals surface area (Å²) in [6.45, 7) is 0.545.